The van der Waals surface area contributed by atoms with Crippen LogP contribution in [0.3, 0.4) is 0 Å². The molecule has 0 saturated carbocycles. The van der Waals surface area contributed by atoms with Crippen molar-refractivity contribution in [2.24, 2.45) is 7.05 Å². The fraction of sp³-hybridized carbons (Fsp3) is 0.344. The Balaban J connectivity index is 1.46. The summed E-state index contributed by atoms with van der Waals surface area (Å²) in [5.74, 6) is -0.621. The third-order valence-corrected chi connectivity index (χ3v) is 8.89. The summed E-state index contributed by atoms with van der Waals surface area (Å²) >= 11 is 5.80. The van der Waals surface area contributed by atoms with E-state index in [-0.39, 0.29) is 36.0 Å². The zero-order valence-electron chi connectivity index (χ0n) is 25.7. The average molecular weight is 670 g/mol. The van der Waals surface area contributed by atoms with Crippen LogP contribution in [0.2, 0.25) is 5.02 Å². The molecule has 2 aliphatic heterocycles. The number of halogens is 4. The van der Waals surface area contributed by atoms with Crippen LogP contribution < -0.4 is 15.8 Å². The van der Waals surface area contributed by atoms with Crippen LogP contribution in [0, 0.1) is 0 Å². The minimum atomic E-state index is -4.74. The molecule has 0 aliphatic carbocycles. The van der Waals surface area contributed by atoms with Crippen LogP contribution in [0.4, 0.5) is 19.1 Å². The van der Waals surface area contributed by atoms with E-state index in [0.717, 1.165) is 17.8 Å². The molecule has 2 amide bonds. The Morgan fingerprint density at radius 1 is 1.11 bits per heavy atom. The number of carbonyl (C=O) groups excluding carboxylic acids is 2. The maximum atomic E-state index is 14.4. The number of hydrogen-bond acceptors (Lipinski definition) is 7. The van der Waals surface area contributed by atoms with Gasteiger partial charge >= 0.3 is 6.18 Å². The van der Waals surface area contributed by atoms with Crippen LogP contribution in [0.1, 0.15) is 50.2 Å². The highest BCUT2D eigenvalue weighted by Crippen LogP contribution is 2.36. The first-order valence-corrected chi connectivity index (χ1v) is 15.2. The number of amides is 2. The first kappa shape index (κ1) is 32.3. The first-order chi connectivity index (χ1) is 22.4. The summed E-state index contributed by atoms with van der Waals surface area (Å²) in [6, 6.07) is 10.8. The molecule has 4 heterocycles. The molecule has 2 aromatic heterocycles. The quantitative estimate of drug-likeness (QED) is 0.317. The molecule has 2 aromatic carbocycles. The number of anilines is 1. The van der Waals surface area contributed by atoms with E-state index in [2.05, 4.69) is 10.4 Å². The van der Waals surface area contributed by atoms with Gasteiger partial charge in [0, 0.05) is 43.0 Å². The van der Waals surface area contributed by atoms with E-state index in [4.69, 9.17) is 21.3 Å². The van der Waals surface area contributed by atoms with Crippen molar-refractivity contribution in [3.05, 3.63) is 104 Å². The van der Waals surface area contributed by atoms with E-state index in [1.165, 1.54) is 22.6 Å². The van der Waals surface area contributed by atoms with Crippen molar-refractivity contribution in [1.82, 2.24) is 29.5 Å². The average Bonchev–Trinajstić information content (AvgIpc) is 3.42. The fourth-order valence-electron chi connectivity index (χ4n) is 5.79. The van der Waals surface area contributed by atoms with Crippen molar-refractivity contribution in [3.63, 3.8) is 0 Å². The molecule has 4 aromatic rings. The van der Waals surface area contributed by atoms with Crippen molar-refractivity contribution in [3.8, 4) is 5.69 Å². The normalized spacial score (nSPS) is 16.4. The number of aromatic nitrogens is 4. The van der Waals surface area contributed by atoms with Crippen LogP contribution >= 0.6 is 11.6 Å². The Bertz CT molecular complexity index is 1900. The maximum Gasteiger partial charge on any atom is 0.417 e. The van der Waals surface area contributed by atoms with Crippen LogP contribution in [0.25, 0.3) is 5.69 Å². The predicted octanol–water partition coefficient (Wildman–Crippen LogP) is 3.99. The zero-order chi connectivity index (χ0) is 33.6. The third kappa shape index (κ3) is 6.10. The van der Waals surface area contributed by atoms with E-state index < -0.39 is 28.7 Å². The molecule has 1 atom stereocenters. The molecule has 246 valence electrons. The minimum Gasteiger partial charge on any atom is -0.377 e. The van der Waals surface area contributed by atoms with Crippen molar-refractivity contribution < 1.29 is 27.5 Å². The second-order valence-corrected chi connectivity index (χ2v) is 12.0. The molecule has 15 heteroatoms. The van der Waals surface area contributed by atoms with Crippen LogP contribution in [0.15, 0.2) is 59.5 Å². The van der Waals surface area contributed by atoms with Gasteiger partial charge < -0.3 is 19.9 Å². The van der Waals surface area contributed by atoms with Crippen LogP contribution in [-0.2, 0) is 37.5 Å². The standard InChI is InChI=1S/C32H31ClF3N7O4/c1-18-12-24-27(15-41(18)29(45)20-6-9-26(33)25(13-20)32(34,35)36)39-31(42(23-16-47-17-23)14-22-10-11-38-40(22)3)43(30(24)46)21-7-4-19(5-8-21)28(44)37-2/h4-11,13,18,23H,12,14-17H2,1-3H3,(H,37,44). The van der Waals surface area contributed by atoms with Crippen molar-refractivity contribution in [2.45, 2.75) is 44.7 Å². The predicted molar refractivity (Wildman–Crippen MR) is 167 cm³/mol. The Morgan fingerprint density at radius 3 is 2.40 bits per heavy atom. The summed E-state index contributed by atoms with van der Waals surface area (Å²) in [5, 5.41) is 6.35. The Hall–Kier alpha value is -4.69. The summed E-state index contributed by atoms with van der Waals surface area (Å²) in [5.41, 5.74) is 0.843. The molecule has 0 spiro atoms. The van der Waals surface area contributed by atoms with Gasteiger partial charge in [0.05, 0.1) is 60.0 Å². The monoisotopic (exact) mass is 669 g/mol. The summed E-state index contributed by atoms with van der Waals surface area (Å²) in [6.07, 6.45) is -2.95. The van der Waals surface area contributed by atoms with Crippen molar-refractivity contribution in [2.75, 3.05) is 25.2 Å². The first-order valence-electron chi connectivity index (χ1n) is 14.8. The topological polar surface area (TPSA) is 115 Å². The molecule has 0 bridgehead atoms. The van der Waals surface area contributed by atoms with E-state index in [1.54, 1.807) is 42.1 Å². The smallest absolute Gasteiger partial charge is 0.377 e. The van der Waals surface area contributed by atoms with Gasteiger partial charge in [0.15, 0.2) is 0 Å². The lowest BCUT2D eigenvalue weighted by atomic mass is 9.98. The van der Waals surface area contributed by atoms with Crippen molar-refractivity contribution in [1.29, 1.82) is 0 Å². The highest BCUT2D eigenvalue weighted by atomic mass is 35.5. The van der Waals surface area contributed by atoms with Crippen LogP contribution in [0.5, 0.6) is 0 Å². The van der Waals surface area contributed by atoms with Gasteiger partial charge in [0.1, 0.15) is 0 Å². The highest BCUT2D eigenvalue weighted by molar-refractivity contribution is 6.31. The Kier molecular flexibility index (Phi) is 8.57. The molecule has 1 fully saturated rings. The van der Waals surface area contributed by atoms with Gasteiger partial charge in [-0.2, -0.15) is 18.3 Å². The summed E-state index contributed by atoms with van der Waals surface area (Å²) in [4.78, 5) is 48.7. The summed E-state index contributed by atoms with van der Waals surface area (Å²) < 4.78 is 49.5. The molecule has 1 unspecified atom stereocenters. The van der Waals surface area contributed by atoms with Gasteiger partial charge in [-0.3, -0.25) is 19.1 Å². The third-order valence-electron chi connectivity index (χ3n) is 8.56. The van der Waals surface area contributed by atoms with Gasteiger partial charge in [-0.15, -0.1) is 0 Å². The molecular formula is C32H31ClF3N7O4. The number of carbonyl (C=O) groups is 2. The summed E-state index contributed by atoms with van der Waals surface area (Å²) in [7, 11) is 3.34. The van der Waals surface area contributed by atoms with E-state index in [1.807, 2.05) is 18.0 Å². The molecule has 2 aliphatic rings. The van der Waals surface area contributed by atoms with E-state index in [0.29, 0.717) is 48.2 Å². The second-order valence-electron chi connectivity index (χ2n) is 11.5. The fourth-order valence-corrected chi connectivity index (χ4v) is 6.01. The van der Waals surface area contributed by atoms with Gasteiger partial charge in [0.25, 0.3) is 17.4 Å². The van der Waals surface area contributed by atoms with Crippen molar-refractivity contribution >= 4 is 29.4 Å². The van der Waals surface area contributed by atoms with Gasteiger partial charge in [0.2, 0.25) is 5.95 Å². The van der Waals surface area contributed by atoms with Gasteiger partial charge in [-0.25, -0.2) is 9.55 Å². The number of benzene rings is 2. The lowest BCUT2D eigenvalue weighted by Crippen LogP contribution is -2.52. The molecule has 1 saturated heterocycles. The molecule has 47 heavy (non-hydrogen) atoms. The lowest BCUT2D eigenvalue weighted by Gasteiger charge is -2.40. The number of ether oxygens (including phenoxy) is 1. The second kappa shape index (κ2) is 12.5. The van der Waals surface area contributed by atoms with Crippen LogP contribution in [-0.4, -0.2) is 68.4 Å². The molecule has 11 nitrogen and oxygen atoms in total. The van der Waals surface area contributed by atoms with E-state index in [9.17, 15) is 27.6 Å². The number of aryl methyl sites for hydroxylation is 1. The lowest BCUT2D eigenvalue weighted by molar-refractivity contribution is -0.137. The zero-order valence-corrected chi connectivity index (χ0v) is 26.5. The summed E-state index contributed by atoms with van der Waals surface area (Å²) in [6.45, 7) is 2.74. The van der Waals surface area contributed by atoms with Gasteiger partial charge in [-0.1, -0.05) is 11.6 Å². The minimum absolute atomic E-state index is 0.0985. The number of alkyl halides is 3. The molecule has 1 N–H and O–H groups in total. The number of nitrogens with one attached hydrogen (secondary N) is 1. The molecule has 6 rings (SSSR count). The SMILES string of the molecule is CNC(=O)c1ccc(-n2c(N(Cc3ccnn3C)C3COC3)nc3c(c2=O)CC(C)N(C(=O)c2ccc(Cl)c(C(F)(F)F)c2)C3)cc1. The highest BCUT2D eigenvalue weighted by Gasteiger charge is 2.37. The Labute approximate surface area is 272 Å². The maximum absolute atomic E-state index is 14.4. The number of nitrogens with zero attached hydrogens (tertiary/aromatic N) is 6. The Morgan fingerprint density at radius 2 is 1.81 bits per heavy atom. The van der Waals surface area contributed by atoms with E-state index >= 15 is 0 Å². The number of fused-ring (bicyclic) bond motifs is 1. The van der Waals surface area contributed by atoms with Gasteiger partial charge in [-0.05, 0) is 61.9 Å². The molecular weight excluding hydrogens is 639 g/mol. The largest absolute Gasteiger partial charge is 0.417 e. The molecule has 0 radical (unpaired) electrons. The number of rotatable bonds is 7. The number of hydrogen-bond donors (Lipinski definition) is 1.